The Kier molecular flexibility index (Phi) is 6.92. The van der Waals surface area contributed by atoms with E-state index in [4.69, 9.17) is 46.4 Å². The van der Waals surface area contributed by atoms with Crippen LogP contribution in [0.25, 0.3) is 0 Å². The zero-order valence-corrected chi connectivity index (χ0v) is 19.1. The second kappa shape index (κ2) is 8.89. The highest BCUT2D eigenvalue weighted by atomic mass is 35.5. The summed E-state index contributed by atoms with van der Waals surface area (Å²) >= 11 is 23.9. The monoisotopic (exact) mass is 530 g/mol. The molecule has 1 fully saturated rings. The Labute approximate surface area is 200 Å². The second-order valence-electron chi connectivity index (χ2n) is 7.33. The third kappa shape index (κ3) is 5.09. The average Bonchev–Trinajstić information content (AvgIpc) is 3.27. The minimum Gasteiger partial charge on any atom is -0.346 e. The Hall–Kier alpha value is -1.74. The van der Waals surface area contributed by atoms with Crippen molar-refractivity contribution in [3.63, 3.8) is 0 Å². The first-order valence-corrected chi connectivity index (χ1v) is 10.5. The molecule has 2 unspecified atom stereocenters. The van der Waals surface area contributed by atoms with Crippen molar-refractivity contribution in [3.8, 4) is 0 Å². The molecule has 1 aliphatic rings. The Bertz CT molecular complexity index is 1090. The lowest BCUT2D eigenvalue weighted by molar-refractivity contribution is -0.117. The molecule has 0 radical (unpaired) electrons. The number of carbonyl (C=O) groups is 2. The summed E-state index contributed by atoms with van der Waals surface area (Å²) in [6, 6.07) is 5.86. The standard InChI is InChI=1S/C20H14Cl4F4N2O2/c1-19(27,28)7-29-17(31)10-6-8(2-4-11(10)21)30-18(32)14-13(20(14,23)24)9-3-5-12(25)15(22)16(9)26/h2-6,13-14H,7H2,1H3,(H,29,31)(H,30,32). The molecule has 2 aromatic carbocycles. The van der Waals surface area contributed by atoms with Crippen LogP contribution in [-0.2, 0) is 4.79 Å². The maximum Gasteiger partial charge on any atom is 0.262 e. The van der Waals surface area contributed by atoms with Crippen molar-refractivity contribution >= 4 is 63.9 Å². The Morgan fingerprint density at radius 2 is 1.78 bits per heavy atom. The fourth-order valence-corrected chi connectivity index (χ4v) is 4.34. The van der Waals surface area contributed by atoms with E-state index in [-0.39, 0.29) is 21.8 Å². The first-order valence-electron chi connectivity index (χ1n) is 9.01. The zero-order valence-electron chi connectivity index (χ0n) is 16.1. The van der Waals surface area contributed by atoms with E-state index in [0.717, 1.165) is 12.1 Å². The molecule has 2 aromatic rings. The molecule has 1 saturated carbocycles. The van der Waals surface area contributed by atoms with Crippen LogP contribution in [0, 0.1) is 17.6 Å². The average molecular weight is 532 g/mol. The van der Waals surface area contributed by atoms with Crippen LogP contribution < -0.4 is 10.6 Å². The molecule has 32 heavy (non-hydrogen) atoms. The highest BCUT2D eigenvalue weighted by Crippen LogP contribution is 2.65. The van der Waals surface area contributed by atoms with Crippen LogP contribution in [0.2, 0.25) is 10.0 Å². The Morgan fingerprint density at radius 3 is 2.41 bits per heavy atom. The summed E-state index contributed by atoms with van der Waals surface area (Å²) in [6.45, 7) is -0.269. The molecule has 0 heterocycles. The third-order valence-electron chi connectivity index (χ3n) is 4.77. The number of nitrogens with one attached hydrogen (secondary N) is 2. The van der Waals surface area contributed by atoms with E-state index in [1.807, 2.05) is 5.32 Å². The summed E-state index contributed by atoms with van der Waals surface area (Å²) in [5.74, 6) is -8.89. The highest BCUT2D eigenvalue weighted by molar-refractivity contribution is 6.53. The van der Waals surface area contributed by atoms with Crippen LogP contribution in [-0.4, -0.2) is 28.6 Å². The summed E-state index contributed by atoms with van der Waals surface area (Å²) in [7, 11) is 0. The third-order valence-corrected chi connectivity index (χ3v) is 6.39. The number of hydrogen-bond acceptors (Lipinski definition) is 2. The molecule has 0 bridgehead atoms. The van der Waals surface area contributed by atoms with Crippen molar-refractivity contribution in [2.45, 2.75) is 23.1 Å². The van der Waals surface area contributed by atoms with Gasteiger partial charge in [-0.2, -0.15) is 0 Å². The fraction of sp³-hybridized carbons (Fsp3) is 0.300. The van der Waals surface area contributed by atoms with E-state index in [1.54, 1.807) is 0 Å². The molecular weight excluding hydrogens is 518 g/mol. The molecule has 3 rings (SSSR count). The molecule has 0 aromatic heterocycles. The van der Waals surface area contributed by atoms with Gasteiger partial charge < -0.3 is 10.6 Å². The molecule has 2 N–H and O–H groups in total. The highest BCUT2D eigenvalue weighted by Gasteiger charge is 2.68. The Balaban J connectivity index is 1.78. The van der Waals surface area contributed by atoms with E-state index in [1.165, 1.54) is 18.2 Å². The Morgan fingerprint density at radius 1 is 1.12 bits per heavy atom. The molecule has 2 atom stereocenters. The van der Waals surface area contributed by atoms with Gasteiger partial charge in [-0.25, -0.2) is 17.6 Å². The van der Waals surface area contributed by atoms with E-state index < -0.39 is 57.1 Å². The lowest BCUT2D eigenvalue weighted by Gasteiger charge is -2.13. The molecule has 4 nitrogen and oxygen atoms in total. The molecule has 1 aliphatic carbocycles. The van der Waals surface area contributed by atoms with Crippen molar-refractivity contribution < 1.29 is 27.2 Å². The predicted octanol–water partition coefficient (Wildman–Crippen LogP) is 6.18. The molecule has 2 amide bonds. The number of anilines is 1. The van der Waals surface area contributed by atoms with Gasteiger partial charge >= 0.3 is 0 Å². The first kappa shape index (κ1) is 24.9. The smallest absolute Gasteiger partial charge is 0.262 e. The van der Waals surface area contributed by atoms with Crippen LogP contribution in [0.4, 0.5) is 23.2 Å². The topological polar surface area (TPSA) is 58.2 Å². The van der Waals surface area contributed by atoms with Gasteiger partial charge in [0, 0.05) is 18.5 Å². The van der Waals surface area contributed by atoms with Crippen LogP contribution in [0.3, 0.4) is 0 Å². The lowest BCUT2D eigenvalue weighted by Crippen LogP contribution is -2.34. The van der Waals surface area contributed by atoms with Crippen molar-refractivity contribution in [2.75, 3.05) is 11.9 Å². The molecule has 0 saturated heterocycles. The van der Waals surface area contributed by atoms with Crippen LogP contribution in [0.15, 0.2) is 30.3 Å². The molecule has 0 aliphatic heterocycles. The maximum absolute atomic E-state index is 14.4. The maximum atomic E-state index is 14.4. The molecule has 12 heteroatoms. The minimum absolute atomic E-state index is 0.0312. The van der Waals surface area contributed by atoms with E-state index >= 15 is 0 Å². The fourth-order valence-electron chi connectivity index (χ4n) is 3.15. The largest absolute Gasteiger partial charge is 0.346 e. The van der Waals surface area contributed by atoms with Gasteiger partial charge in [0.1, 0.15) is 21.0 Å². The van der Waals surface area contributed by atoms with Gasteiger partial charge in [0.25, 0.3) is 11.8 Å². The molecule has 172 valence electrons. The summed E-state index contributed by atoms with van der Waals surface area (Å²) in [6.07, 6.45) is 0. The number of benzene rings is 2. The summed E-state index contributed by atoms with van der Waals surface area (Å²) in [5.41, 5.74) is -0.182. The number of halogens is 8. The van der Waals surface area contributed by atoms with Gasteiger partial charge in [-0.1, -0.05) is 29.3 Å². The second-order valence-corrected chi connectivity index (χ2v) is 9.56. The van der Waals surface area contributed by atoms with Gasteiger partial charge in [0.15, 0.2) is 0 Å². The number of carbonyl (C=O) groups excluding carboxylic acids is 2. The zero-order chi connectivity index (χ0) is 24.0. The number of rotatable bonds is 6. The molecular formula is C20H14Cl4F4N2O2. The van der Waals surface area contributed by atoms with Crippen LogP contribution in [0.1, 0.15) is 28.8 Å². The minimum atomic E-state index is -3.13. The normalized spacial score (nSPS) is 19.4. The van der Waals surface area contributed by atoms with Crippen molar-refractivity contribution in [1.29, 1.82) is 0 Å². The van der Waals surface area contributed by atoms with Crippen LogP contribution >= 0.6 is 46.4 Å². The van der Waals surface area contributed by atoms with Crippen molar-refractivity contribution in [1.82, 2.24) is 5.32 Å². The van der Waals surface area contributed by atoms with Gasteiger partial charge in [0.2, 0.25) is 5.91 Å². The number of hydrogen-bond donors (Lipinski definition) is 2. The first-order chi connectivity index (χ1) is 14.7. The van der Waals surface area contributed by atoms with Crippen LogP contribution in [0.5, 0.6) is 0 Å². The summed E-state index contributed by atoms with van der Waals surface area (Å²) in [5, 5.41) is 3.74. The quantitative estimate of drug-likeness (QED) is 0.265. The predicted molar refractivity (Wildman–Crippen MR) is 115 cm³/mol. The number of amides is 2. The van der Waals surface area contributed by atoms with Crippen molar-refractivity contribution in [2.24, 2.45) is 5.92 Å². The van der Waals surface area contributed by atoms with E-state index in [0.29, 0.717) is 6.92 Å². The van der Waals surface area contributed by atoms with Gasteiger partial charge in [-0.05, 0) is 29.8 Å². The van der Waals surface area contributed by atoms with Gasteiger partial charge in [-0.15, -0.1) is 23.2 Å². The molecule has 0 spiro atoms. The number of alkyl halides is 4. The summed E-state index contributed by atoms with van der Waals surface area (Å²) < 4.78 is 52.1. The van der Waals surface area contributed by atoms with E-state index in [2.05, 4.69) is 5.32 Å². The lowest BCUT2D eigenvalue weighted by atomic mass is 10.1. The van der Waals surface area contributed by atoms with Crippen molar-refractivity contribution in [3.05, 3.63) is 63.1 Å². The summed E-state index contributed by atoms with van der Waals surface area (Å²) in [4.78, 5) is 24.9. The van der Waals surface area contributed by atoms with E-state index in [9.17, 15) is 27.2 Å². The van der Waals surface area contributed by atoms with Gasteiger partial charge in [-0.3, -0.25) is 9.59 Å². The van der Waals surface area contributed by atoms with Gasteiger partial charge in [0.05, 0.1) is 23.0 Å². The SMILES string of the molecule is CC(F)(F)CNC(=O)c1cc(NC(=O)C2C(c3ccc(F)c(Cl)c3F)C2(Cl)Cl)ccc1Cl.